The van der Waals surface area contributed by atoms with E-state index in [0.717, 1.165) is 21.9 Å². The lowest BCUT2D eigenvalue weighted by Gasteiger charge is -2.17. The summed E-state index contributed by atoms with van der Waals surface area (Å²) in [6, 6.07) is 7.13. The van der Waals surface area contributed by atoms with Crippen LogP contribution in [0.5, 0.6) is 5.75 Å². The summed E-state index contributed by atoms with van der Waals surface area (Å²) in [5.74, 6) is 1.84. The first-order chi connectivity index (χ1) is 14.8. The van der Waals surface area contributed by atoms with E-state index in [1.807, 2.05) is 44.4 Å². The number of carbonyl (C=O) groups is 1. The topological polar surface area (TPSA) is 81.9 Å². The van der Waals surface area contributed by atoms with E-state index in [1.54, 1.807) is 12.1 Å². The Morgan fingerprint density at radius 3 is 2.55 bits per heavy atom. The Hall–Kier alpha value is -2.29. The highest BCUT2D eigenvalue weighted by atomic mass is 35.5. The maximum Gasteiger partial charge on any atom is 0.236 e. The second kappa shape index (κ2) is 10.3. The van der Waals surface area contributed by atoms with Crippen LogP contribution in [-0.4, -0.2) is 31.4 Å². The van der Waals surface area contributed by atoms with Gasteiger partial charge in [0.05, 0.1) is 10.8 Å². The number of halogens is 2. The molecule has 0 fully saturated rings. The number of ether oxygens (including phenoxy) is 1. The first kappa shape index (κ1) is 23.4. The van der Waals surface area contributed by atoms with Crippen molar-refractivity contribution in [3.63, 3.8) is 0 Å². The van der Waals surface area contributed by atoms with Crippen molar-refractivity contribution >= 4 is 46.7 Å². The van der Waals surface area contributed by atoms with Gasteiger partial charge in [-0.25, -0.2) is 4.98 Å². The number of nitrogens with one attached hydrogen (secondary N) is 1. The van der Waals surface area contributed by atoms with Crippen LogP contribution in [0.1, 0.15) is 36.9 Å². The zero-order valence-corrected chi connectivity index (χ0v) is 20.0. The molecular formula is C21H23Cl2N5O2S. The lowest BCUT2D eigenvalue weighted by Crippen LogP contribution is -2.16. The average molecular weight is 480 g/mol. The van der Waals surface area contributed by atoms with Gasteiger partial charge >= 0.3 is 0 Å². The van der Waals surface area contributed by atoms with Gasteiger partial charge < -0.3 is 14.6 Å². The average Bonchev–Trinajstić information content (AvgIpc) is 3.15. The molecule has 164 valence electrons. The van der Waals surface area contributed by atoms with Crippen LogP contribution in [0.25, 0.3) is 0 Å². The Labute approximate surface area is 195 Å². The molecular weight excluding hydrogens is 457 g/mol. The number of anilines is 1. The standard InChI is InChI=1S/C21H23Cl2N5O2S/c1-5-28-20(14(4)30-16-8-12(2)19(23)13(3)9-16)26-27-21(28)31-11-18(29)25-17-7-6-15(22)10-24-17/h6-10,14H,5,11H2,1-4H3,(H,24,25,29). The van der Waals surface area contributed by atoms with E-state index in [4.69, 9.17) is 27.9 Å². The number of aryl methyl sites for hydroxylation is 2. The number of rotatable bonds is 8. The van der Waals surface area contributed by atoms with Gasteiger partial charge in [-0.15, -0.1) is 10.2 Å². The summed E-state index contributed by atoms with van der Waals surface area (Å²) >= 11 is 13.4. The van der Waals surface area contributed by atoms with Crippen LogP contribution in [-0.2, 0) is 11.3 Å². The highest BCUT2D eigenvalue weighted by Gasteiger charge is 2.20. The number of carbonyl (C=O) groups excluding carboxylic acids is 1. The summed E-state index contributed by atoms with van der Waals surface area (Å²) < 4.78 is 8.04. The number of hydrogen-bond acceptors (Lipinski definition) is 6. The molecule has 0 saturated carbocycles. The predicted octanol–water partition coefficient (Wildman–Crippen LogP) is 5.49. The van der Waals surface area contributed by atoms with Gasteiger partial charge in [0.1, 0.15) is 11.6 Å². The molecule has 0 aliphatic heterocycles. The van der Waals surface area contributed by atoms with Gasteiger partial charge in [0, 0.05) is 17.8 Å². The van der Waals surface area contributed by atoms with Crippen LogP contribution in [0.2, 0.25) is 10.0 Å². The molecule has 1 unspecified atom stereocenters. The van der Waals surface area contributed by atoms with Crippen LogP contribution in [0.4, 0.5) is 5.82 Å². The second-order valence-electron chi connectivity index (χ2n) is 6.91. The molecule has 2 aromatic heterocycles. The van der Waals surface area contributed by atoms with Crippen molar-refractivity contribution in [2.24, 2.45) is 0 Å². The number of amides is 1. The molecule has 2 heterocycles. The lowest BCUT2D eigenvalue weighted by atomic mass is 10.1. The van der Waals surface area contributed by atoms with Crippen LogP contribution >= 0.6 is 35.0 Å². The van der Waals surface area contributed by atoms with Crippen LogP contribution in [0.15, 0.2) is 35.6 Å². The highest BCUT2D eigenvalue weighted by Crippen LogP contribution is 2.29. The quantitative estimate of drug-likeness (QED) is 0.430. The number of aromatic nitrogens is 4. The molecule has 7 nitrogen and oxygen atoms in total. The van der Waals surface area contributed by atoms with Crippen LogP contribution < -0.4 is 10.1 Å². The van der Waals surface area contributed by atoms with E-state index in [2.05, 4.69) is 20.5 Å². The zero-order chi connectivity index (χ0) is 22.5. The largest absolute Gasteiger partial charge is 0.483 e. The fraction of sp³-hybridized carbons (Fsp3) is 0.333. The minimum atomic E-state index is -0.325. The summed E-state index contributed by atoms with van der Waals surface area (Å²) in [5, 5.41) is 13.2. The van der Waals surface area contributed by atoms with Gasteiger partial charge in [-0.05, 0) is 63.1 Å². The van der Waals surface area contributed by atoms with Crippen molar-refractivity contribution in [3.05, 3.63) is 57.5 Å². The molecule has 0 saturated heterocycles. The van der Waals surface area contributed by atoms with Gasteiger partial charge in [0.25, 0.3) is 0 Å². The lowest BCUT2D eigenvalue weighted by molar-refractivity contribution is -0.113. The molecule has 0 aliphatic carbocycles. The van der Waals surface area contributed by atoms with E-state index >= 15 is 0 Å². The maximum absolute atomic E-state index is 12.2. The number of hydrogen-bond donors (Lipinski definition) is 1. The van der Waals surface area contributed by atoms with Crippen molar-refractivity contribution in [3.8, 4) is 5.75 Å². The first-order valence-electron chi connectivity index (χ1n) is 9.69. The second-order valence-corrected chi connectivity index (χ2v) is 8.67. The third-order valence-electron chi connectivity index (χ3n) is 4.48. The zero-order valence-electron chi connectivity index (χ0n) is 17.6. The van der Waals surface area contributed by atoms with Crippen molar-refractivity contribution < 1.29 is 9.53 Å². The van der Waals surface area contributed by atoms with Gasteiger partial charge in [0.15, 0.2) is 17.1 Å². The Balaban J connectivity index is 1.65. The third kappa shape index (κ3) is 5.90. The Kier molecular flexibility index (Phi) is 7.80. The minimum Gasteiger partial charge on any atom is -0.483 e. The van der Waals surface area contributed by atoms with Gasteiger partial charge in [-0.2, -0.15) is 0 Å². The molecule has 31 heavy (non-hydrogen) atoms. The fourth-order valence-corrected chi connectivity index (χ4v) is 4.02. The summed E-state index contributed by atoms with van der Waals surface area (Å²) in [5.41, 5.74) is 1.91. The molecule has 0 spiro atoms. The van der Waals surface area contributed by atoms with Crippen molar-refractivity contribution in [2.45, 2.75) is 45.5 Å². The molecule has 0 bridgehead atoms. The molecule has 3 aromatic rings. The molecule has 1 amide bonds. The molecule has 1 aromatic carbocycles. The number of nitrogens with zero attached hydrogens (tertiary/aromatic N) is 4. The van der Waals surface area contributed by atoms with Gasteiger partial charge in [-0.3, -0.25) is 4.79 Å². The number of pyridine rings is 1. The molecule has 1 atom stereocenters. The van der Waals surface area contributed by atoms with Crippen molar-refractivity contribution in [1.82, 2.24) is 19.7 Å². The van der Waals surface area contributed by atoms with Crippen molar-refractivity contribution in [1.29, 1.82) is 0 Å². The minimum absolute atomic E-state index is 0.174. The van der Waals surface area contributed by atoms with Crippen LogP contribution in [0, 0.1) is 13.8 Å². The van der Waals surface area contributed by atoms with Gasteiger partial charge in [-0.1, -0.05) is 35.0 Å². The fourth-order valence-electron chi connectivity index (χ4n) is 2.99. The number of benzene rings is 1. The van der Waals surface area contributed by atoms with E-state index in [9.17, 15) is 4.79 Å². The summed E-state index contributed by atoms with van der Waals surface area (Å²) in [6.07, 6.45) is 1.16. The molecule has 1 N–H and O–H groups in total. The van der Waals surface area contributed by atoms with E-state index in [-0.39, 0.29) is 17.8 Å². The molecule has 3 rings (SSSR count). The predicted molar refractivity (Wildman–Crippen MR) is 124 cm³/mol. The monoisotopic (exact) mass is 479 g/mol. The SMILES string of the molecule is CCn1c(SCC(=O)Nc2ccc(Cl)cn2)nnc1C(C)Oc1cc(C)c(Cl)c(C)c1. The van der Waals surface area contributed by atoms with E-state index in [1.165, 1.54) is 18.0 Å². The summed E-state index contributed by atoms with van der Waals surface area (Å²) in [7, 11) is 0. The third-order valence-corrected chi connectivity index (χ3v) is 6.26. The van der Waals surface area contributed by atoms with E-state index in [0.29, 0.717) is 28.4 Å². The Morgan fingerprint density at radius 2 is 1.94 bits per heavy atom. The molecule has 0 aliphatic rings. The maximum atomic E-state index is 12.2. The smallest absolute Gasteiger partial charge is 0.236 e. The number of thioether (sulfide) groups is 1. The van der Waals surface area contributed by atoms with Gasteiger partial charge in [0.2, 0.25) is 5.91 Å². The van der Waals surface area contributed by atoms with E-state index < -0.39 is 0 Å². The Morgan fingerprint density at radius 1 is 1.23 bits per heavy atom. The normalized spacial score (nSPS) is 11.9. The molecule has 10 heteroatoms. The summed E-state index contributed by atoms with van der Waals surface area (Å²) in [6.45, 7) is 8.46. The molecule has 0 radical (unpaired) electrons. The first-order valence-corrected chi connectivity index (χ1v) is 11.4. The summed E-state index contributed by atoms with van der Waals surface area (Å²) in [4.78, 5) is 16.3. The van der Waals surface area contributed by atoms with Crippen molar-refractivity contribution in [2.75, 3.05) is 11.1 Å². The highest BCUT2D eigenvalue weighted by molar-refractivity contribution is 7.99. The van der Waals surface area contributed by atoms with Crippen LogP contribution in [0.3, 0.4) is 0 Å². The Bertz CT molecular complexity index is 1050.